The number of rotatable bonds is 7. The maximum Gasteiger partial charge on any atom is 0.232 e. The van der Waals surface area contributed by atoms with Crippen LogP contribution in [0.25, 0.3) is 11.1 Å². The minimum atomic E-state index is -3.31. The molecule has 30 heavy (non-hydrogen) atoms. The zero-order valence-corrected chi connectivity index (χ0v) is 18.9. The Morgan fingerprint density at radius 1 is 1.17 bits per heavy atom. The van der Waals surface area contributed by atoms with E-state index in [0.29, 0.717) is 12.3 Å². The van der Waals surface area contributed by atoms with Gasteiger partial charge in [0.2, 0.25) is 15.9 Å². The molecule has 0 bridgehead atoms. The van der Waals surface area contributed by atoms with Gasteiger partial charge in [0.25, 0.3) is 0 Å². The quantitative estimate of drug-likeness (QED) is 0.697. The minimum Gasteiger partial charge on any atom is -0.493 e. The molecule has 0 saturated carbocycles. The number of amides is 1. The number of nitrogens with zero attached hydrogens (tertiary/aromatic N) is 1. The summed E-state index contributed by atoms with van der Waals surface area (Å²) in [6, 6.07) is 11.4. The van der Waals surface area contributed by atoms with Crippen molar-refractivity contribution in [2.45, 2.75) is 53.0 Å². The van der Waals surface area contributed by atoms with Gasteiger partial charge in [0, 0.05) is 29.8 Å². The molecule has 0 spiro atoms. The molecule has 0 radical (unpaired) electrons. The first-order valence-electron chi connectivity index (χ1n) is 10.5. The van der Waals surface area contributed by atoms with Crippen molar-refractivity contribution in [2.75, 3.05) is 22.0 Å². The van der Waals surface area contributed by atoms with Crippen molar-refractivity contribution < 1.29 is 17.9 Å². The van der Waals surface area contributed by atoms with Crippen LogP contribution in [0.4, 0.5) is 11.4 Å². The molecule has 0 unspecified atom stereocenters. The van der Waals surface area contributed by atoms with Crippen molar-refractivity contribution in [2.24, 2.45) is 0 Å². The van der Waals surface area contributed by atoms with E-state index in [1.165, 1.54) is 0 Å². The minimum absolute atomic E-state index is 0.0274. The molecule has 6 nitrogen and oxygen atoms in total. The van der Waals surface area contributed by atoms with Crippen LogP contribution in [0.2, 0.25) is 0 Å². The maximum absolute atomic E-state index is 12.3. The van der Waals surface area contributed by atoms with Gasteiger partial charge in [-0.15, -0.1) is 0 Å². The predicted molar refractivity (Wildman–Crippen MR) is 122 cm³/mol. The number of hydrogen-bond donors (Lipinski definition) is 1. The molecule has 1 heterocycles. The van der Waals surface area contributed by atoms with E-state index < -0.39 is 10.0 Å². The second kappa shape index (κ2) is 9.08. The fourth-order valence-corrected chi connectivity index (χ4v) is 4.49. The lowest BCUT2D eigenvalue weighted by molar-refractivity contribution is -0.117. The number of sulfonamides is 1. The molecule has 0 fully saturated rings. The van der Waals surface area contributed by atoms with Gasteiger partial charge in [0.15, 0.2) is 0 Å². The van der Waals surface area contributed by atoms with Crippen molar-refractivity contribution in [1.82, 2.24) is 0 Å². The number of benzene rings is 2. The monoisotopic (exact) mass is 430 g/mol. The molecule has 0 saturated heterocycles. The fourth-order valence-electron chi connectivity index (χ4n) is 3.85. The van der Waals surface area contributed by atoms with Crippen LogP contribution in [0.15, 0.2) is 36.4 Å². The highest BCUT2D eigenvalue weighted by atomic mass is 32.2. The van der Waals surface area contributed by atoms with Crippen LogP contribution in [-0.2, 0) is 21.2 Å². The molecule has 1 aliphatic rings. The lowest BCUT2D eigenvalue weighted by Gasteiger charge is -2.36. The van der Waals surface area contributed by atoms with Gasteiger partial charge < -0.3 is 9.64 Å². The number of carbonyl (C=O) groups is 1. The van der Waals surface area contributed by atoms with Crippen molar-refractivity contribution >= 4 is 27.3 Å². The van der Waals surface area contributed by atoms with Crippen LogP contribution in [0.1, 0.15) is 46.1 Å². The van der Waals surface area contributed by atoms with E-state index in [2.05, 4.69) is 18.6 Å². The predicted octanol–water partition coefficient (Wildman–Crippen LogP) is 4.59. The summed E-state index contributed by atoms with van der Waals surface area (Å²) in [7, 11) is -3.31. The number of hydrogen-bond acceptors (Lipinski definition) is 4. The number of fused-ring (bicyclic) bond motifs is 1. The highest BCUT2D eigenvalue weighted by Crippen LogP contribution is 2.43. The first kappa shape index (κ1) is 22.2. The summed E-state index contributed by atoms with van der Waals surface area (Å²) >= 11 is 0. The summed E-state index contributed by atoms with van der Waals surface area (Å²) in [6.07, 6.45) is 2.62. The molecule has 162 valence electrons. The standard InChI is InChI=1S/C23H30N2O4S/c1-5-15-29-23-20(18-8-10-19(11-9-18)24-30(27,28)6-2)13-14-22-21(23)12-7-16(3)25(22)17(4)26/h8-11,13-14,16,24H,5-7,12,15H2,1-4H3/t16-/m0/s1. The summed E-state index contributed by atoms with van der Waals surface area (Å²) < 4.78 is 32.4. The van der Waals surface area contributed by atoms with Gasteiger partial charge in [-0.1, -0.05) is 19.1 Å². The Balaban J connectivity index is 2.04. The zero-order chi connectivity index (χ0) is 21.9. The van der Waals surface area contributed by atoms with Crippen molar-refractivity contribution in [1.29, 1.82) is 0 Å². The molecule has 1 aliphatic heterocycles. The summed E-state index contributed by atoms with van der Waals surface area (Å²) in [5.41, 5.74) is 4.40. The van der Waals surface area contributed by atoms with Gasteiger partial charge in [-0.2, -0.15) is 0 Å². The van der Waals surface area contributed by atoms with Gasteiger partial charge in [0.1, 0.15) is 5.75 Å². The molecule has 0 aliphatic carbocycles. The Hall–Kier alpha value is -2.54. The van der Waals surface area contributed by atoms with Gasteiger partial charge in [-0.3, -0.25) is 9.52 Å². The van der Waals surface area contributed by atoms with E-state index in [1.54, 1.807) is 26.0 Å². The molecule has 7 heteroatoms. The third kappa shape index (κ3) is 4.61. The van der Waals surface area contributed by atoms with E-state index in [1.807, 2.05) is 29.2 Å². The van der Waals surface area contributed by atoms with Crippen molar-refractivity contribution in [3.63, 3.8) is 0 Å². The first-order valence-corrected chi connectivity index (χ1v) is 12.1. The van der Waals surface area contributed by atoms with Crippen LogP contribution in [0, 0.1) is 0 Å². The Labute approximate surface area is 179 Å². The topological polar surface area (TPSA) is 75.7 Å². The smallest absolute Gasteiger partial charge is 0.232 e. The van der Waals surface area contributed by atoms with Crippen LogP contribution in [-0.4, -0.2) is 32.7 Å². The normalized spacial score (nSPS) is 16.1. The molecule has 2 aromatic rings. The highest BCUT2D eigenvalue weighted by Gasteiger charge is 2.29. The second-order valence-electron chi connectivity index (χ2n) is 7.65. The van der Waals surface area contributed by atoms with Gasteiger partial charge >= 0.3 is 0 Å². The summed E-state index contributed by atoms with van der Waals surface area (Å²) in [5.74, 6) is 0.874. The number of carbonyl (C=O) groups excluding carboxylic acids is 1. The SMILES string of the molecule is CCCOc1c(-c2ccc(NS(=O)(=O)CC)cc2)ccc2c1CC[C@H](C)N2C(C)=O. The highest BCUT2D eigenvalue weighted by molar-refractivity contribution is 7.92. The van der Waals surface area contributed by atoms with Gasteiger partial charge in [-0.25, -0.2) is 8.42 Å². The molecule has 1 amide bonds. The summed E-state index contributed by atoms with van der Waals surface area (Å²) in [6.45, 7) is 7.93. The lowest BCUT2D eigenvalue weighted by Crippen LogP contribution is -2.40. The largest absolute Gasteiger partial charge is 0.493 e. The van der Waals surface area contributed by atoms with E-state index in [9.17, 15) is 13.2 Å². The van der Waals surface area contributed by atoms with Crippen molar-refractivity contribution in [3.8, 4) is 16.9 Å². The number of nitrogens with one attached hydrogen (secondary N) is 1. The molecular formula is C23H30N2O4S. The second-order valence-corrected chi connectivity index (χ2v) is 9.66. The molecule has 2 aromatic carbocycles. The lowest BCUT2D eigenvalue weighted by atomic mass is 9.91. The summed E-state index contributed by atoms with van der Waals surface area (Å²) in [4.78, 5) is 14.1. The molecule has 1 N–H and O–H groups in total. The molecule has 3 rings (SSSR count). The van der Waals surface area contributed by atoms with E-state index >= 15 is 0 Å². The van der Waals surface area contributed by atoms with E-state index in [-0.39, 0.29) is 17.7 Å². The third-order valence-electron chi connectivity index (χ3n) is 5.39. The van der Waals surface area contributed by atoms with Gasteiger partial charge in [-0.05, 0) is 62.9 Å². The van der Waals surface area contributed by atoms with Gasteiger partial charge in [0.05, 0.1) is 18.0 Å². The summed E-state index contributed by atoms with van der Waals surface area (Å²) in [5, 5.41) is 0. The number of anilines is 2. The van der Waals surface area contributed by atoms with E-state index in [4.69, 9.17) is 4.74 Å². The average Bonchev–Trinajstić information content (AvgIpc) is 2.71. The fraction of sp³-hybridized carbons (Fsp3) is 0.435. The Kier molecular flexibility index (Phi) is 6.71. The average molecular weight is 431 g/mol. The molecular weight excluding hydrogens is 400 g/mol. The number of ether oxygens (including phenoxy) is 1. The maximum atomic E-state index is 12.3. The molecule has 1 atom stereocenters. The first-order chi connectivity index (χ1) is 14.3. The van der Waals surface area contributed by atoms with Crippen molar-refractivity contribution in [3.05, 3.63) is 42.0 Å². The Morgan fingerprint density at radius 2 is 1.87 bits per heavy atom. The third-order valence-corrected chi connectivity index (χ3v) is 6.69. The van der Waals surface area contributed by atoms with Crippen LogP contribution < -0.4 is 14.4 Å². The Bertz CT molecular complexity index is 1020. The Morgan fingerprint density at radius 3 is 2.47 bits per heavy atom. The van der Waals surface area contributed by atoms with Crippen LogP contribution in [0.5, 0.6) is 5.75 Å². The van der Waals surface area contributed by atoms with E-state index in [0.717, 1.165) is 47.4 Å². The van der Waals surface area contributed by atoms with Crippen LogP contribution >= 0.6 is 0 Å². The van der Waals surface area contributed by atoms with Crippen LogP contribution in [0.3, 0.4) is 0 Å². The molecule has 0 aromatic heterocycles. The zero-order valence-electron chi connectivity index (χ0n) is 18.1.